The largest absolute Gasteiger partial charge is 0.493 e. The van der Waals surface area contributed by atoms with Crippen molar-refractivity contribution >= 4 is 35.5 Å². The lowest BCUT2D eigenvalue weighted by Crippen LogP contribution is -2.51. The van der Waals surface area contributed by atoms with Crippen LogP contribution in [0.3, 0.4) is 0 Å². The zero-order chi connectivity index (χ0) is 17.0. The second kappa shape index (κ2) is 6.97. The normalized spacial score (nSPS) is 14.0. The van der Waals surface area contributed by atoms with Crippen LogP contribution >= 0.6 is 11.6 Å². The molecule has 120 valence electrons. The maximum Gasteiger partial charge on any atom is 0.328 e. The molecule has 0 unspecified atom stereocenters. The minimum Gasteiger partial charge on any atom is -0.493 e. The summed E-state index contributed by atoms with van der Waals surface area (Å²) in [7, 11) is 1.43. The molecule has 1 aromatic rings. The molecule has 1 aliphatic rings. The molecule has 23 heavy (non-hydrogen) atoms. The lowest BCUT2D eigenvalue weighted by atomic mass is 10.1. The van der Waals surface area contributed by atoms with E-state index in [9.17, 15) is 14.4 Å². The van der Waals surface area contributed by atoms with Gasteiger partial charge in [-0.25, -0.2) is 4.79 Å². The molecule has 1 aromatic carbocycles. The lowest BCUT2D eigenvalue weighted by molar-refractivity contribution is -0.123. The van der Waals surface area contributed by atoms with Crippen LogP contribution in [-0.4, -0.2) is 31.6 Å². The molecule has 2 rings (SSSR count). The Balaban J connectivity index is 2.40. The summed E-state index contributed by atoms with van der Waals surface area (Å²) in [6, 6.07) is 2.20. The van der Waals surface area contributed by atoms with Crippen LogP contribution in [0.2, 0.25) is 5.02 Å². The number of hydrogen-bond donors (Lipinski definition) is 2. The summed E-state index contributed by atoms with van der Waals surface area (Å²) in [5.41, 5.74) is 0.218. The molecule has 2 N–H and O–H groups in total. The first kappa shape index (κ1) is 16.6. The first-order valence-corrected chi connectivity index (χ1v) is 6.83. The molecular weight excluding hydrogens is 324 g/mol. The number of hydrogen-bond acceptors (Lipinski definition) is 5. The van der Waals surface area contributed by atoms with Gasteiger partial charge in [0.25, 0.3) is 11.8 Å². The van der Waals surface area contributed by atoms with Crippen LogP contribution in [0.1, 0.15) is 5.56 Å². The summed E-state index contributed by atoms with van der Waals surface area (Å²) in [6.45, 7) is 3.78. The van der Waals surface area contributed by atoms with Gasteiger partial charge in [0.05, 0.1) is 12.1 Å². The molecule has 7 nitrogen and oxygen atoms in total. The number of urea groups is 1. The maximum atomic E-state index is 11.7. The molecule has 0 saturated carbocycles. The van der Waals surface area contributed by atoms with Crippen LogP contribution in [0.4, 0.5) is 4.79 Å². The van der Waals surface area contributed by atoms with Crippen LogP contribution in [0.25, 0.3) is 6.08 Å². The van der Waals surface area contributed by atoms with Gasteiger partial charge in [0.15, 0.2) is 11.5 Å². The Kier molecular flexibility index (Phi) is 5.02. The number of methoxy groups -OCH3 is 1. The highest BCUT2D eigenvalue weighted by molar-refractivity contribution is 6.33. The van der Waals surface area contributed by atoms with E-state index in [1.165, 1.54) is 19.3 Å². The van der Waals surface area contributed by atoms with Gasteiger partial charge in [-0.05, 0) is 23.8 Å². The van der Waals surface area contributed by atoms with Gasteiger partial charge < -0.3 is 9.47 Å². The molecule has 1 saturated heterocycles. The van der Waals surface area contributed by atoms with Crippen molar-refractivity contribution in [3.63, 3.8) is 0 Å². The minimum absolute atomic E-state index is 0.220. The van der Waals surface area contributed by atoms with E-state index in [2.05, 4.69) is 6.58 Å². The SMILES string of the molecule is C=CCOc1c(Cl)cc(C=C2C(=O)NC(=O)NC2=O)cc1OC. The average molecular weight is 337 g/mol. The predicted octanol–water partition coefficient (Wildman–Crippen LogP) is 1.66. The number of ether oxygens (including phenoxy) is 2. The molecule has 4 amide bonds. The molecule has 0 spiro atoms. The Hall–Kier alpha value is -2.80. The molecule has 0 aromatic heterocycles. The summed E-state index contributed by atoms with van der Waals surface area (Å²) in [4.78, 5) is 34.4. The van der Waals surface area contributed by atoms with Crippen molar-refractivity contribution in [2.24, 2.45) is 0 Å². The molecule has 0 bridgehead atoms. The predicted molar refractivity (Wildman–Crippen MR) is 83.4 cm³/mol. The number of benzene rings is 1. The fourth-order valence-electron chi connectivity index (χ4n) is 1.88. The van der Waals surface area contributed by atoms with Crippen LogP contribution < -0.4 is 20.1 Å². The lowest BCUT2D eigenvalue weighted by Gasteiger charge is -2.15. The van der Waals surface area contributed by atoms with Gasteiger partial charge in [0.2, 0.25) is 0 Å². The van der Waals surface area contributed by atoms with Crippen molar-refractivity contribution in [2.45, 2.75) is 0 Å². The zero-order valence-electron chi connectivity index (χ0n) is 12.1. The second-order valence-electron chi connectivity index (χ2n) is 4.43. The number of carbonyl (C=O) groups is 3. The van der Waals surface area contributed by atoms with Gasteiger partial charge >= 0.3 is 6.03 Å². The third-order valence-electron chi connectivity index (χ3n) is 2.85. The van der Waals surface area contributed by atoms with Gasteiger partial charge in [0.1, 0.15) is 12.2 Å². The Morgan fingerprint density at radius 3 is 2.43 bits per heavy atom. The van der Waals surface area contributed by atoms with E-state index in [4.69, 9.17) is 21.1 Å². The Morgan fingerprint density at radius 1 is 1.22 bits per heavy atom. The number of imide groups is 2. The monoisotopic (exact) mass is 336 g/mol. The first-order valence-electron chi connectivity index (χ1n) is 6.46. The van der Waals surface area contributed by atoms with Gasteiger partial charge in [-0.3, -0.25) is 20.2 Å². The summed E-state index contributed by atoms with van der Waals surface area (Å²) in [6.07, 6.45) is 2.85. The quantitative estimate of drug-likeness (QED) is 0.484. The van der Waals surface area contributed by atoms with Crippen molar-refractivity contribution in [1.29, 1.82) is 0 Å². The summed E-state index contributed by atoms with van der Waals surface area (Å²) in [5.74, 6) is -0.926. The van der Waals surface area contributed by atoms with Gasteiger partial charge in [-0.2, -0.15) is 0 Å². The number of carbonyl (C=O) groups excluding carboxylic acids is 3. The summed E-state index contributed by atoms with van der Waals surface area (Å²) in [5, 5.41) is 4.21. The fourth-order valence-corrected chi connectivity index (χ4v) is 2.15. The van der Waals surface area contributed by atoms with Crippen LogP contribution in [0.15, 0.2) is 30.4 Å². The van der Waals surface area contributed by atoms with Crippen molar-refractivity contribution < 1.29 is 23.9 Å². The molecule has 0 aliphatic carbocycles. The number of rotatable bonds is 5. The highest BCUT2D eigenvalue weighted by Crippen LogP contribution is 2.37. The van der Waals surface area contributed by atoms with Crippen molar-refractivity contribution in [3.05, 3.63) is 40.9 Å². The molecule has 8 heteroatoms. The van der Waals surface area contributed by atoms with Crippen LogP contribution in [0, 0.1) is 0 Å². The first-order chi connectivity index (χ1) is 11.0. The zero-order valence-corrected chi connectivity index (χ0v) is 12.9. The fraction of sp³-hybridized carbons (Fsp3) is 0.133. The highest BCUT2D eigenvalue weighted by Gasteiger charge is 2.27. The third kappa shape index (κ3) is 3.70. The van der Waals surface area contributed by atoms with Gasteiger partial charge in [-0.1, -0.05) is 24.3 Å². The van der Waals surface area contributed by atoms with Crippen LogP contribution in [0.5, 0.6) is 11.5 Å². The third-order valence-corrected chi connectivity index (χ3v) is 3.13. The van der Waals surface area contributed by atoms with E-state index in [-0.39, 0.29) is 17.2 Å². The van der Waals surface area contributed by atoms with Gasteiger partial charge in [-0.15, -0.1) is 0 Å². The Labute approximate surface area is 136 Å². The number of nitrogens with one attached hydrogen (secondary N) is 2. The van der Waals surface area contributed by atoms with E-state index in [1.54, 1.807) is 12.1 Å². The molecule has 0 radical (unpaired) electrons. The van der Waals surface area contributed by atoms with Crippen molar-refractivity contribution in [3.8, 4) is 11.5 Å². The minimum atomic E-state index is -0.860. The summed E-state index contributed by atoms with van der Waals surface area (Å²) >= 11 is 6.14. The van der Waals surface area contributed by atoms with E-state index in [0.717, 1.165) is 0 Å². The van der Waals surface area contributed by atoms with Crippen LogP contribution in [-0.2, 0) is 9.59 Å². The molecular formula is C15H13ClN2O5. The van der Waals surface area contributed by atoms with Gasteiger partial charge in [0, 0.05) is 0 Å². The van der Waals surface area contributed by atoms with E-state index >= 15 is 0 Å². The Bertz CT molecular complexity index is 705. The highest BCUT2D eigenvalue weighted by atomic mass is 35.5. The number of amides is 4. The molecule has 1 heterocycles. The molecule has 1 aliphatic heterocycles. The van der Waals surface area contributed by atoms with Crippen molar-refractivity contribution in [1.82, 2.24) is 10.6 Å². The Morgan fingerprint density at radius 2 is 1.87 bits per heavy atom. The van der Waals surface area contributed by atoms with E-state index < -0.39 is 17.8 Å². The van der Waals surface area contributed by atoms with Crippen molar-refractivity contribution in [2.75, 3.05) is 13.7 Å². The smallest absolute Gasteiger partial charge is 0.328 e. The number of halogens is 1. The molecule has 0 atom stereocenters. The molecule has 1 fully saturated rings. The topological polar surface area (TPSA) is 93.7 Å². The second-order valence-corrected chi connectivity index (χ2v) is 4.84. The summed E-state index contributed by atoms with van der Waals surface area (Å²) < 4.78 is 10.6. The average Bonchev–Trinajstić information content (AvgIpc) is 2.49. The standard InChI is InChI=1S/C15H13ClN2O5/c1-3-4-23-12-10(16)6-8(7-11(12)22-2)5-9-13(19)17-15(21)18-14(9)20/h3,5-7H,1,4H2,2H3,(H2,17,18,19,20,21). The number of barbiturate groups is 1. The maximum absolute atomic E-state index is 11.7. The van der Waals surface area contributed by atoms with E-state index in [1.807, 2.05) is 10.6 Å². The van der Waals surface area contributed by atoms with E-state index in [0.29, 0.717) is 17.1 Å².